The molecule has 1 aromatic heterocycles. The molecule has 0 atom stereocenters. The highest BCUT2D eigenvalue weighted by molar-refractivity contribution is 6.03. The average molecular weight is 537 g/mol. The molecule has 4 nitrogen and oxygen atoms in total. The number of nitrogens with zero attached hydrogens (tertiary/aromatic N) is 4. The number of aromatic nitrogens is 3. The van der Waals surface area contributed by atoms with E-state index in [2.05, 4.69) is 66.7 Å². The van der Waals surface area contributed by atoms with Gasteiger partial charge >= 0.3 is 0 Å². The first-order valence-corrected chi connectivity index (χ1v) is 13.8. The molecule has 1 heterocycles. The second-order valence-electron chi connectivity index (χ2n) is 10.0. The van der Waals surface area contributed by atoms with Gasteiger partial charge in [0.05, 0.1) is 11.6 Å². The Hall–Kier alpha value is -5.92. The Balaban J connectivity index is 1.44. The quantitative estimate of drug-likeness (QED) is 0.220. The van der Waals surface area contributed by atoms with E-state index in [0.717, 1.165) is 49.7 Å². The highest BCUT2D eigenvalue weighted by Gasteiger charge is 2.18. The van der Waals surface area contributed by atoms with Crippen molar-refractivity contribution < 1.29 is 0 Å². The highest BCUT2D eigenvalue weighted by Crippen LogP contribution is 2.38. The van der Waals surface area contributed by atoms with Crippen molar-refractivity contribution in [2.24, 2.45) is 0 Å². The number of fused-ring (bicyclic) bond motifs is 1. The fourth-order valence-corrected chi connectivity index (χ4v) is 5.30. The minimum absolute atomic E-state index is 0.620. The SMILES string of the molecule is N#Cc1cccc(-c2ccc(-c3c(-c4nc(-c5ccccc5)nc(-c5ccccc5)n4)ccc4ccccc34)cc2)c1. The molecule has 0 saturated heterocycles. The van der Waals surface area contributed by atoms with Crippen LogP contribution >= 0.6 is 0 Å². The van der Waals surface area contributed by atoms with Crippen LogP contribution in [0.2, 0.25) is 0 Å². The molecule has 0 aliphatic rings. The largest absolute Gasteiger partial charge is 0.208 e. The molecule has 7 aromatic rings. The van der Waals surface area contributed by atoms with Crippen molar-refractivity contribution in [3.05, 3.63) is 151 Å². The topological polar surface area (TPSA) is 62.5 Å². The van der Waals surface area contributed by atoms with Crippen LogP contribution in [-0.4, -0.2) is 15.0 Å². The fourth-order valence-electron chi connectivity index (χ4n) is 5.30. The van der Waals surface area contributed by atoms with Gasteiger partial charge < -0.3 is 0 Å². The molecule has 0 aliphatic heterocycles. The maximum atomic E-state index is 9.36. The first kappa shape index (κ1) is 25.1. The van der Waals surface area contributed by atoms with E-state index in [-0.39, 0.29) is 0 Å². The normalized spacial score (nSPS) is 10.8. The fraction of sp³-hybridized carbons (Fsp3) is 0. The van der Waals surface area contributed by atoms with Crippen LogP contribution in [0, 0.1) is 11.3 Å². The van der Waals surface area contributed by atoms with Gasteiger partial charge in [-0.25, -0.2) is 15.0 Å². The monoisotopic (exact) mass is 536 g/mol. The summed E-state index contributed by atoms with van der Waals surface area (Å²) in [4.78, 5) is 14.9. The zero-order valence-corrected chi connectivity index (χ0v) is 22.6. The van der Waals surface area contributed by atoms with Crippen molar-refractivity contribution in [3.63, 3.8) is 0 Å². The molecule has 0 spiro atoms. The number of nitriles is 1. The molecule has 0 amide bonds. The summed E-state index contributed by atoms with van der Waals surface area (Å²) in [5, 5.41) is 11.6. The molecule has 0 bridgehead atoms. The second kappa shape index (κ2) is 10.9. The van der Waals surface area contributed by atoms with E-state index in [0.29, 0.717) is 23.0 Å². The molecule has 4 heteroatoms. The molecule has 0 unspecified atom stereocenters. The summed E-state index contributed by atoms with van der Waals surface area (Å²) >= 11 is 0. The molecule has 0 N–H and O–H groups in total. The van der Waals surface area contributed by atoms with Crippen LogP contribution in [0.4, 0.5) is 0 Å². The van der Waals surface area contributed by atoms with E-state index in [9.17, 15) is 5.26 Å². The van der Waals surface area contributed by atoms with Crippen molar-refractivity contribution in [2.45, 2.75) is 0 Å². The van der Waals surface area contributed by atoms with Crippen molar-refractivity contribution in [3.8, 4) is 62.5 Å². The first-order valence-electron chi connectivity index (χ1n) is 13.8. The maximum Gasteiger partial charge on any atom is 0.164 e. The van der Waals surface area contributed by atoms with Crippen molar-refractivity contribution >= 4 is 10.8 Å². The molecular formula is C38H24N4. The van der Waals surface area contributed by atoms with Gasteiger partial charge in [0.1, 0.15) is 0 Å². The predicted molar refractivity (Wildman–Crippen MR) is 169 cm³/mol. The Morgan fingerprint density at radius 3 is 1.67 bits per heavy atom. The Morgan fingerprint density at radius 1 is 0.429 bits per heavy atom. The van der Waals surface area contributed by atoms with Gasteiger partial charge in [-0.05, 0) is 45.7 Å². The second-order valence-corrected chi connectivity index (χ2v) is 10.0. The average Bonchev–Trinajstić information content (AvgIpc) is 3.08. The summed E-state index contributed by atoms with van der Waals surface area (Å²) in [5.41, 5.74) is 7.64. The molecule has 42 heavy (non-hydrogen) atoms. The summed E-state index contributed by atoms with van der Waals surface area (Å²) < 4.78 is 0. The number of hydrogen-bond acceptors (Lipinski definition) is 4. The van der Waals surface area contributed by atoms with Crippen molar-refractivity contribution in [2.75, 3.05) is 0 Å². The lowest BCUT2D eigenvalue weighted by Crippen LogP contribution is -2.01. The van der Waals surface area contributed by atoms with Gasteiger partial charge in [-0.2, -0.15) is 5.26 Å². The van der Waals surface area contributed by atoms with Crippen LogP contribution in [0.1, 0.15) is 5.56 Å². The predicted octanol–water partition coefficient (Wildman–Crippen LogP) is 9.23. The summed E-state index contributed by atoms with van der Waals surface area (Å²) in [6, 6.07) is 51.1. The minimum atomic E-state index is 0.620. The van der Waals surface area contributed by atoms with E-state index in [4.69, 9.17) is 15.0 Å². The highest BCUT2D eigenvalue weighted by atomic mass is 15.0. The van der Waals surface area contributed by atoms with E-state index in [1.807, 2.05) is 84.9 Å². The lowest BCUT2D eigenvalue weighted by molar-refractivity contribution is 1.07. The van der Waals surface area contributed by atoms with E-state index in [1.165, 1.54) is 0 Å². The number of benzene rings is 6. The zero-order valence-electron chi connectivity index (χ0n) is 22.6. The van der Waals surface area contributed by atoms with Gasteiger partial charge in [0.15, 0.2) is 17.5 Å². The van der Waals surface area contributed by atoms with Gasteiger partial charge in [-0.3, -0.25) is 0 Å². The Kier molecular flexibility index (Phi) is 6.52. The van der Waals surface area contributed by atoms with Gasteiger partial charge in [0.2, 0.25) is 0 Å². The molecule has 7 rings (SSSR count). The lowest BCUT2D eigenvalue weighted by atomic mass is 9.91. The Labute approximate surface area is 244 Å². The van der Waals surface area contributed by atoms with Gasteiger partial charge in [-0.15, -0.1) is 0 Å². The third-order valence-corrected chi connectivity index (χ3v) is 7.37. The van der Waals surface area contributed by atoms with Crippen LogP contribution in [0.3, 0.4) is 0 Å². The summed E-state index contributed by atoms with van der Waals surface area (Å²) in [5.74, 6) is 1.88. The third-order valence-electron chi connectivity index (χ3n) is 7.37. The van der Waals surface area contributed by atoms with Crippen molar-refractivity contribution in [1.82, 2.24) is 15.0 Å². The van der Waals surface area contributed by atoms with Gasteiger partial charge in [0, 0.05) is 22.3 Å². The first-order chi connectivity index (χ1) is 20.8. The number of hydrogen-bond donors (Lipinski definition) is 0. The molecule has 0 aliphatic carbocycles. The molecule has 0 radical (unpaired) electrons. The smallest absolute Gasteiger partial charge is 0.164 e. The Morgan fingerprint density at radius 2 is 1.00 bits per heavy atom. The van der Waals surface area contributed by atoms with Crippen LogP contribution in [0.15, 0.2) is 146 Å². The van der Waals surface area contributed by atoms with Crippen molar-refractivity contribution in [1.29, 1.82) is 5.26 Å². The number of rotatable bonds is 5. The lowest BCUT2D eigenvalue weighted by Gasteiger charge is -2.15. The molecule has 0 saturated carbocycles. The van der Waals surface area contributed by atoms with E-state index >= 15 is 0 Å². The van der Waals surface area contributed by atoms with E-state index in [1.54, 1.807) is 0 Å². The van der Waals surface area contributed by atoms with Gasteiger partial charge in [-0.1, -0.05) is 127 Å². The molecular weight excluding hydrogens is 512 g/mol. The molecule has 196 valence electrons. The van der Waals surface area contributed by atoms with Gasteiger partial charge in [0.25, 0.3) is 0 Å². The zero-order chi connectivity index (χ0) is 28.3. The summed E-state index contributed by atoms with van der Waals surface area (Å²) in [7, 11) is 0. The maximum absolute atomic E-state index is 9.36. The van der Waals surface area contributed by atoms with Crippen LogP contribution in [-0.2, 0) is 0 Å². The minimum Gasteiger partial charge on any atom is -0.208 e. The third kappa shape index (κ3) is 4.81. The molecule has 6 aromatic carbocycles. The summed E-state index contributed by atoms with van der Waals surface area (Å²) in [6.07, 6.45) is 0. The standard InChI is InChI=1S/C38H24N4/c39-25-26-10-9-16-32(24-26)27-18-20-29(21-19-27)35-33-17-8-7-11-28(33)22-23-34(35)38-41-36(30-12-3-1-4-13-30)40-37(42-38)31-14-5-2-6-15-31/h1-24H. The van der Waals surface area contributed by atoms with Crippen LogP contribution < -0.4 is 0 Å². The van der Waals surface area contributed by atoms with Crippen LogP contribution in [0.5, 0.6) is 0 Å². The summed E-state index contributed by atoms with van der Waals surface area (Å²) in [6.45, 7) is 0. The van der Waals surface area contributed by atoms with E-state index < -0.39 is 0 Å². The molecule has 0 fully saturated rings. The van der Waals surface area contributed by atoms with Crippen LogP contribution in [0.25, 0.3) is 67.2 Å². The Bertz CT molecular complexity index is 2020.